The van der Waals surface area contributed by atoms with E-state index in [1.807, 2.05) is 6.92 Å². The Morgan fingerprint density at radius 3 is 2.12 bits per heavy atom. The summed E-state index contributed by atoms with van der Waals surface area (Å²) in [6.07, 6.45) is 2.13. The smallest absolute Gasteiger partial charge is 0.243 e. The van der Waals surface area contributed by atoms with Crippen LogP contribution in [0.2, 0.25) is 0 Å². The van der Waals surface area contributed by atoms with Gasteiger partial charge in [-0.25, -0.2) is 21.1 Å². The van der Waals surface area contributed by atoms with Crippen LogP contribution in [-0.2, 0) is 20.0 Å². The van der Waals surface area contributed by atoms with Gasteiger partial charge in [0.25, 0.3) is 0 Å². The van der Waals surface area contributed by atoms with Crippen molar-refractivity contribution < 1.29 is 21.6 Å². The first-order chi connectivity index (χ1) is 11.5. The van der Waals surface area contributed by atoms with Gasteiger partial charge in [-0.2, -0.15) is 4.31 Å². The minimum atomic E-state index is -3.61. The zero-order valence-corrected chi connectivity index (χ0v) is 16.9. The van der Waals surface area contributed by atoms with Crippen molar-refractivity contribution in [3.05, 3.63) is 23.3 Å². The minimum Gasteiger partial charge on any atom is -0.496 e. The molecule has 1 heterocycles. The number of hydrogen-bond donors (Lipinski definition) is 0. The first-order valence-corrected chi connectivity index (χ1v) is 11.4. The van der Waals surface area contributed by atoms with Crippen LogP contribution in [0.3, 0.4) is 0 Å². The fraction of sp³-hybridized carbons (Fsp3) is 0.625. The summed E-state index contributed by atoms with van der Waals surface area (Å²) in [5.74, 6) is 0.657. The summed E-state index contributed by atoms with van der Waals surface area (Å²) in [4.78, 5) is 0.278. The number of hydrogen-bond acceptors (Lipinski definition) is 5. The number of piperidine rings is 1. The second-order valence-electron chi connectivity index (χ2n) is 6.50. The molecule has 0 N–H and O–H groups in total. The molecule has 2 rings (SSSR count). The lowest BCUT2D eigenvalue weighted by Gasteiger charge is -2.35. The van der Waals surface area contributed by atoms with Gasteiger partial charge in [-0.3, -0.25) is 0 Å². The molecule has 1 aromatic carbocycles. The van der Waals surface area contributed by atoms with E-state index in [0.717, 1.165) is 5.56 Å². The van der Waals surface area contributed by atoms with E-state index < -0.39 is 20.0 Å². The Hall–Kier alpha value is -1.16. The third-order valence-corrected chi connectivity index (χ3v) is 8.16. The number of nitrogens with zero attached hydrogens (tertiary/aromatic N) is 2. The average Bonchev–Trinajstić information content (AvgIpc) is 2.55. The number of ether oxygens (including phenoxy) is 1. The molecule has 1 saturated heterocycles. The van der Waals surface area contributed by atoms with Crippen LogP contribution in [0.4, 0.5) is 0 Å². The lowest BCUT2D eigenvalue weighted by atomic mass is 10.1. The molecular formula is C16H26N2O5S2. The highest BCUT2D eigenvalue weighted by Gasteiger charge is 2.33. The fourth-order valence-corrected chi connectivity index (χ4v) is 5.63. The molecule has 1 aliphatic heterocycles. The van der Waals surface area contributed by atoms with Gasteiger partial charge in [-0.05, 0) is 49.9 Å². The molecule has 0 bridgehead atoms. The van der Waals surface area contributed by atoms with Crippen molar-refractivity contribution in [1.29, 1.82) is 0 Å². The molecule has 0 aliphatic carbocycles. The van der Waals surface area contributed by atoms with Gasteiger partial charge >= 0.3 is 0 Å². The van der Waals surface area contributed by atoms with E-state index in [9.17, 15) is 16.8 Å². The number of benzene rings is 1. The molecule has 1 aliphatic rings. The van der Waals surface area contributed by atoms with Gasteiger partial charge in [0.1, 0.15) is 5.75 Å². The predicted molar refractivity (Wildman–Crippen MR) is 96.9 cm³/mol. The third kappa shape index (κ3) is 4.16. The topological polar surface area (TPSA) is 84.0 Å². The summed E-state index contributed by atoms with van der Waals surface area (Å²) in [5, 5.41) is 0. The molecule has 142 valence electrons. The van der Waals surface area contributed by atoms with E-state index in [1.165, 1.54) is 14.9 Å². The first kappa shape index (κ1) is 20.2. The maximum atomic E-state index is 13.0. The van der Waals surface area contributed by atoms with Gasteiger partial charge in [0.2, 0.25) is 20.0 Å². The van der Waals surface area contributed by atoms with Crippen molar-refractivity contribution in [2.24, 2.45) is 0 Å². The van der Waals surface area contributed by atoms with Crippen LogP contribution in [0, 0.1) is 13.8 Å². The molecule has 0 amide bonds. The molecular weight excluding hydrogens is 364 g/mol. The average molecular weight is 391 g/mol. The molecule has 25 heavy (non-hydrogen) atoms. The molecule has 9 heteroatoms. The molecule has 0 spiro atoms. The SMILES string of the molecule is COc1cc(C)c(S(=O)(=O)N2CCC(N(C)S(C)(=O)=O)CC2)cc1C. The highest BCUT2D eigenvalue weighted by Crippen LogP contribution is 2.29. The van der Waals surface area contributed by atoms with Gasteiger partial charge in [0, 0.05) is 26.2 Å². The van der Waals surface area contributed by atoms with Crippen molar-refractivity contribution >= 4 is 20.0 Å². The second kappa shape index (κ2) is 7.22. The normalized spacial score (nSPS) is 17.8. The summed E-state index contributed by atoms with van der Waals surface area (Å²) in [7, 11) is -3.79. The molecule has 0 saturated carbocycles. The van der Waals surface area contributed by atoms with Crippen LogP contribution < -0.4 is 4.74 Å². The quantitative estimate of drug-likeness (QED) is 0.758. The summed E-state index contributed by atoms with van der Waals surface area (Å²) < 4.78 is 57.3. The minimum absolute atomic E-state index is 0.167. The van der Waals surface area contributed by atoms with Crippen LogP contribution in [0.5, 0.6) is 5.75 Å². The zero-order valence-electron chi connectivity index (χ0n) is 15.3. The Morgan fingerprint density at radius 1 is 1.08 bits per heavy atom. The molecule has 0 aromatic heterocycles. The number of methoxy groups -OCH3 is 1. The monoisotopic (exact) mass is 390 g/mol. The Balaban J connectivity index is 2.22. The van der Waals surface area contributed by atoms with Gasteiger partial charge in [0.15, 0.2) is 0 Å². The van der Waals surface area contributed by atoms with E-state index in [1.54, 1.807) is 33.2 Å². The van der Waals surface area contributed by atoms with Crippen LogP contribution in [0.25, 0.3) is 0 Å². The van der Waals surface area contributed by atoms with Crippen LogP contribution in [0.15, 0.2) is 17.0 Å². The lowest BCUT2D eigenvalue weighted by molar-refractivity contribution is 0.239. The van der Waals surface area contributed by atoms with Crippen molar-refractivity contribution in [1.82, 2.24) is 8.61 Å². The summed E-state index contributed by atoms with van der Waals surface area (Å²) in [5.41, 5.74) is 1.40. The highest BCUT2D eigenvalue weighted by molar-refractivity contribution is 7.89. The first-order valence-electron chi connectivity index (χ1n) is 8.07. The van der Waals surface area contributed by atoms with Crippen molar-refractivity contribution in [2.45, 2.75) is 37.6 Å². The summed E-state index contributed by atoms with van der Waals surface area (Å²) in [6.45, 7) is 4.17. The van der Waals surface area contributed by atoms with E-state index in [4.69, 9.17) is 4.74 Å². The third-order valence-electron chi connectivity index (χ3n) is 4.77. The van der Waals surface area contributed by atoms with E-state index in [2.05, 4.69) is 0 Å². The van der Waals surface area contributed by atoms with Crippen LogP contribution in [-0.4, -0.2) is 65.0 Å². The van der Waals surface area contributed by atoms with Gasteiger partial charge in [0.05, 0.1) is 18.3 Å². The van der Waals surface area contributed by atoms with Crippen molar-refractivity contribution in [2.75, 3.05) is 33.5 Å². The molecule has 0 unspecified atom stereocenters. The van der Waals surface area contributed by atoms with Gasteiger partial charge in [-0.15, -0.1) is 0 Å². The van der Waals surface area contributed by atoms with Gasteiger partial charge in [-0.1, -0.05) is 0 Å². The van der Waals surface area contributed by atoms with E-state index in [-0.39, 0.29) is 10.9 Å². The highest BCUT2D eigenvalue weighted by atomic mass is 32.2. The molecule has 1 fully saturated rings. The Bertz CT molecular complexity index is 842. The molecule has 0 radical (unpaired) electrons. The zero-order chi connectivity index (χ0) is 19.0. The molecule has 1 aromatic rings. The van der Waals surface area contributed by atoms with Crippen LogP contribution >= 0.6 is 0 Å². The Kier molecular flexibility index (Phi) is 5.82. The summed E-state index contributed by atoms with van der Waals surface area (Å²) in [6, 6.07) is 3.20. The number of rotatable bonds is 5. The summed E-state index contributed by atoms with van der Waals surface area (Å²) >= 11 is 0. The van der Waals surface area contributed by atoms with Crippen molar-refractivity contribution in [3.8, 4) is 5.75 Å². The fourth-order valence-electron chi connectivity index (χ4n) is 3.12. The Morgan fingerprint density at radius 2 is 1.64 bits per heavy atom. The maximum absolute atomic E-state index is 13.0. The van der Waals surface area contributed by atoms with Crippen LogP contribution in [0.1, 0.15) is 24.0 Å². The predicted octanol–water partition coefficient (Wildman–Crippen LogP) is 1.36. The standard InChI is InChI=1S/C16H26N2O5S2/c1-12-11-16(13(2)10-15(12)23-4)25(21,22)18-8-6-14(7-9-18)17(3)24(5,19)20/h10-11,14H,6-9H2,1-5H3. The molecule has 7 nitrogen and oxygen atoms in total. The second-order valence-corrected chi connectivity index (χ2v) is 10.5. The maximum Gasteiger partial charge on any atom is 0.243 e. The number of sulfonamides is 2. The van der Waals surface area contributed by atoms with E-state index in [0.29, 0.717) is 37.2 Å². The number of aryl methyl sites for hydroxylation is 2. The van der Waals surface area contributed by atoms with E-state index >= 15 is 0 Å². The Labute approximate surface area is 150 Å². The largest absolute Gasteiger partial charge is 0.496 e. The molecule has 0 atom stereocenters. The van der Waals surface area contributed by atoms with Crippen molar-refractivity contribution in [3.63, 3.8) is 0 Å². The van der Waals surface area contributed by atoms with Gasteiger partial charge < -0.3 is 4.74 Å². The lowest BCUT2D eigenvalue weighted by Crippen LogP contribution is -2.47.